The van der Waals surface area contributed by atoms with Gasteiger partial charge in [0.1, 0.15) is 11.6 Å². The molecule has 1 aromatic carbocycles. The van der Waals surface area contributed by atoms with Crippen LogP contribution in [0.25, 0.3) is 0 Å². The fourth-order valence-electron chi connectivity index (χ4n) is 1.80. The van der Waals surface area contributed by atoms with E-state index in [1.54, 1.807) is 12.1 Å². The van der Waals surface area contributed by atoms with E-state index in [-0.39, 0.29) is 11.9 Å². The number of methoxy groups -OCH3 is 1. The fraction of sp³-hybridized carbons (Fsp3) is 0.571. The predicted octanol–water partition coefficient (Wildman–Crippen LogP) is 2.56. The zero-order chi connectivity index (χ0) is 13.7. The molecule has 0 amide bonds. The zero-order valence-corrected chi connectivity index (χ0v) is 11.6. The maximum absolute atomic E-state index is 13.8. The maximum Gasteiger partial charge on any atom is 0.131 e. The van der Waals surface area contributed by atoms with E-state index in [4.69, 9.17) is 10.5 Å². The lowest BCUT2D eigenvalue weighted by Gasteiger charge is -2.23. The molecule has 1 rings (SSSR count). The largest absolute Gasteiger partial charge is 0.496 e. The van der Waals surface area contributed by atoms with Crippen molar-refractivity contribution in [3.05, 3.63) is 29.6 Å². The Bertz CT molecular complexity index is 382. The van der Waals surface area contributed by atoms with Crippen LogP contribution in [0.1, 0.15) is 31.9 Å². The first-order valence-corrected chi connectivity index (χ1v) is 6.25. The summed E-state index contributed by atoms with van der Waals surface area (Å²) in [5, 5.41) is 0. The van der Waals surface area contributed by atoms with E-state index in [2.05, 4.69) is 18.7 Å². The van der Waals surface area contributed by atoms with Crippen LogP contribution in [0.4, 0.5) is 4.39 Å². The Balaban J connectivity index is 2.75. The highest BCUT2D eigenvalue weighted by Gasteiger charge is 2.17. The van der Waals surface area contributed by atoms with Crippen LogP contribution in [-0.2, 0) is 0 Å². The summed E-state index contributed by atoms with van der Waals surface area (Å²) in [5.74, 6) is 0.226. The van der Waals surface area contributed by atoms with Crippen LogP contribution in [0.15, 0.2) is 18.2 Å². The van der Waals surface area contributed by atoms with Gasteiger partial charge in [0, 0.05) is 17.6 Å². The summed E-state index contributed by atoms with van der Waals surface area (Å²) in [6, 6.07) is 4.90. The lowest BCUT2D eigenvalue weighted by atomic mass is 10.0. The molecule has 0 bridgehead atoms. The number of rotatable bonds is 6. The standard InChI is InChI=1S/C14H23FN2O/c1-10(2)17(3)9-8-12(16)14-11(15)6-5-7-13(14)18-4/h5-7,10,12H,8-9,16H2,1-4H3. The first-order chi connectivity index (χ1) is 8.47. The summed E-state index contributed by atoms with van der Waals surface area (Å²) in [4.78, 5) is 2.19. The second kappa shape index (κ2) is 6.71. The fourth-order valence-corrected chi connectivity index (χ4v) is 1.80. The Kier molecular flexibility index (Phi) is 5.56. The number of hydrogen-bond donors (Lipinski definition) is 1. The van der Waals surface area contributed by atoms with Gasteiger partial charge in [-0.05, 0) is 46.0 Å². The van der Waals surface area contributed by atoms with Gasteiger partial charge in [0.2, 0.25) is 0 Å². The number of ether oxygens (including phenoxy) is 1. The van der Waals surface area contributed by atoms with Crippen LogP contribution in [-0.4, -0.2) is 31.6 Å². The van der Waals surface area contributed by atoms with Crippen molar-refractivity contribution in [3.8, 4) is 5.75 Å². The highest BCUT2D eigenvalue weighted by molar-refractivity contribution is 5.37. The summed E-state index contributed by atoms with van der Waals surface area (Å²) in [6.45, 7) is 5.07. The van der Waals surface area contributed by atoms with Crippen LogP contribution >= 0.6 is 0 Å². The molecule has 0 aromatic heterocycles. The molecule has 0 heterocycles. The lowest BCUT2D eigenvalue weighted by Crippen LogP contribution is -2.29. The molecule has 4 heteroatoms. The molecular weight excluding hydrogens is 231 g/mol. The molecule has 0 spiro atoms. The van der Waals surface area contributed by atoms with Crippen molar-refractivity contribution < 1.29 is 9.13 Å². The molecule has 0 radical (unpaired) electrons. The van der Waals surface area contributed by atoms with E-state index >= 15 is 0 Å². The third kappa shape index (κ3) is 3.68. The summed E-state index contributed by atoms with van der Waals surface area (Å²) in [7, 11) is 3.57. The summed E-state index contributed by atoms with van der Waals surface area (Å²) < 4.78 is 19.0. The number of hydrogen-bond acceptors (Lipinski definition) is 3. The molecule has 0 aliphatic rings. The van der Waals surface area contributed by atoms with Crippen molar-refractivity contribution >= 4 is 0 Å². The van der Waals surface area contributed by atoms with Crippen molar-refractivity contribution in [3.63, 3.8) is 0 Å². The molecule has 0 saturated carbocycles. The highest BCUT2D eigenvalue weighted by atomic mass is 19.1. The Morgan fingerprint density at radius 3 is 2.61 bits per heavy atom. The molecule has 18 heavy (non-hydrogen) atoms. The van der Waals surface area contributed by atoms with Crippen molar-refractivity contribution in [2.45, 2.75) is 32.4 Å². The van der Waals surface area contributed by atoms with Crippen LogP contribution < -0.4 is 10.5 Å². The molecule has 1 unspecified atom stereocenters. The van der Waals surface area contributed by atoms with Gasteiger partial charge in [-0.1, -0.05) is 6.07 Å². The minimum Gasteiger partial charge on any atom is -0.496 e. The number of benzene rings is 1. The maximum atomic E-state index is 13.8. The first-order valence-electron chi connectivity index (χ1n) is 6.25. The molecule has 0 aliphatic carbocycles. The number of halogens is 1. The number of nitrogens with two attached hydrogens (primary N) is 1. The summed E-state index contributed by atoms with van der Waals surface area (Å²) in [5.41, 5.74) is 6.54. The topological polar surface area (TPSA) is 38.5 Å². The van der Waals surface area contributed by atoms with E-state index in [9.17, 15) is 4.39 Å². The van der Waals surface area contributed by atoms with Crippen LogP contribution in [0.5, 0.6) is 5.75 Å². The molecule has 0 fully saturated rings. The molecule has 3 nitrogen and oxygen atoms in total. The van der Waals surface area contributed by atoms with Gasteiger partial charge in [-0.25, -0.2) is 4.39 Å². The van der Waals surface area contributed by atoms with Crippen LogP contribution in [0, 0.1) is 5.82 Å². The average molecular weight is 254 g/mol. The second-order valence-corrected chi connectivity index (χ2v) is 4.83. The molecular formula is C14H23FN2O. The lowest BCUT2D eigenvalue weighted by molar-refractivity contribution is 0.261. The Morgan fingerprint density at radius 2 is 2.06 bits per heavy atom. The Morgan fingerprint density at radius 1 is 1.39 bits per heavy atom. The van der Waals surface area contributed by atoms with Crippen molar-refractivity contribution in [2.75, 3.05) is 20.7 Å². The molecule has 2 N–H and O–H groups in total. The predicted molar refractivity (Wildman–Crippen MR) is 72.3 cm³/mol. The molecule has 1 aromatic rings. The van der Waals surface area contributed by atoms with Gasteiger partial charge in [0.15, 0.2) is 0 Å². The third-order valence-corrected chi connectivity index (χ3v) is 3.28. The third-order valence-electron chi connectivity index (χ3n) is 3.28. The quantitative estimate of drug-likeness (QED) is 0.848. The van der Waals surface area contributed by atoms with Gasteiger partial charge in [-0.2, -0.15) is 0 Å². The molecule has 1 atom stereocenters. The normalized spacial score (nSPS) is 13.1. The van der Waals surface area contributed by atoms with Crippen LogP contribution in [0.3, 0.4) is 0 Å². The van der Waals surface area contributed by atoms with E-state index in [1.165, 1.54) is 13.2 Å². The number of nitrogens with zero attached hydrogens (tertiary/aromatic N) is 1. The van der Waals surface area contributed by atoms with E-state index < -0.39 is 0 Å². The first kappa shape index (κ1) is 14.9. The summed E-state index contributed by atoms with van der Waals surface area (Å²) in [6.07, 6.45) is 0.700. The summed E-state index contributed by atoms with van der Waals surface area (Å²) >= 11 is 0. The highest BCUT2D eigenvalue weighted by Crippen LogP contribution is 2.28. The van der Waals surface area contributed by atoms with E-state index in [1.807, 2.05) is 7.05 Å². The molecule has 0 saturated heterocycles. The second-order valence-electron chi connectivity index (χ2n) is 4.83. The smallest absolute Gasteiger partial charge is 0.131 e. The van der Waals surface area contributed by atoms with Gasteiger partial charge in [0.05, 0.1) is 7.11 Å². The van der Waals surface area contributed by atoms with Gasteiger partial charge in [-0.15, -0.1) is 0 Å². The van der Waals surface area contributed by atoms with Gasteiger partial charge in [-0.3, -0.25) is 0 Å². The Hall–Kier alpha value is -1.13. The monoisotopic (exact) mass is 254 g/mol. The van der Waals surface area contributed by atoms with E-state index in [0.29, 0.717) is 23.8 Å². The minimum atomic E-state index is -0.345. The van der Waals surface area contributed by atoms with E-state index in [0.717, 1.165) is 6.54 Å². The van der Waals surface area contributed by atoms with Gasteiger partial charge >= 0.3 is 0 Å². The van der Waals surface area contributed by atoms with Crippen molar-refractivity contribution in [1.82, 2.24) is 4.90 Å². The minimum absolute atomic E-state index is 0.297. The van der Waals surface area contributed by atoms with Crippen LogP contribution in [0.2, 0.25) is 0 Å². The van der Waals surface area contributed by atoms with Crippen molar-refractivity contribution in [1.29, 1.82) is 0 Å². The van der Waals surface area contributed by atoms with Crippen molar-refractivity contribution in [2.24, 2.45) is 5.73 Å². The zero-order valence-electron chi connectivity index (χ0n) is 11.6. The average Bonchev–Trinajstić information content (AvgIpc) is 2.34. The van der Waals surface area contributed by atoms with Gasteiger partial charge in [0.25, 0.3) is 0 Å². The Labute approximate surface area is 109 Å². The molecule has 102 valence electrons. The van der Waals surface area contributed by atoms with Gasteiger partial charge < -0.3 is 15.4 Å². The SMILES string of the molecule is COc1cccc(F)c1C(N)CCN(C)C(C)C. The molecule has 0 aliphatic heterocycles.